The minimum Gasteiger partial charge on any atom is -0.371 e. The third-order valence-corrected chi connectivity index (χ3v) is 4.68. The van der Waals surface area contributed by atoms with E-state index in [4.69, 9.17) is 9.47 Å². The van der Waals surface area contributed by atoms with Crippen molar-refractivity contribution in [3.63, 3.8) is 0 Å². The van der Waals surface area contributed by atoms with Gasteiger partial charge in [0, 0.05) is 0 Å². The van der Waals surface area contributed by atoms with E-state index in [9.17, 15) is 0 Å². The molecule has 0 unspecified atom stereocenters. The number of hydrogen-bond acceptors (Lipinski definition) is 2. The summed E-state index contributed by atoms with van der Waals surface area (Å²) in [5.41, 5.74) is 2.51. The van der Waals surface area contributed by atoms with E-state index in [1.165, 1.54) is 11.1 Å². The van der Waals surface area contributed by atoms with Gasteiger partial charge in [0.2, 0.25) is 0 Å². The van der Waals surface area contributed by atoms with Crippen molar-refractivity contribution >= 4 is 0 Å². The third-order valence-electron chi connectivity index (χ3n) is 4.68. The van der Waals surface area contributed by atoms with Gasteiger partial charge >= 0.3 is 0 Å². The van der Waals surface area contributed by atoms with Crippen molar-refractivity contribution in [2.24, 2.45) is 5.92 Å². The van der Waals surface area contributed by atoms with Crippen molar-refractivity contribution in [1.82, 2.24) is 0 Å². The van der Waals surface area contributed by atoms with Gasteiger partial charge in [-0.3, -0.25) is 0 Å². The third kappa shape index (κ3) is 3.49. The Bertz CT molecular complexity index is 333. The van der Waals surface area contributed by atoms with Gasteiger partial charge in [-0.2, -0.15) is 0 Å². The van der Waals surface area contributed by atoms with Gasteiger partial charge in [-0.25, -0.2) is 0 Å². The molecule has 2 aliphatic rings. The molecule has 2 heterocycles. The second-order valence-electron chi connectivity index (χ2n) is 6.21. The van der Waals surface area contributed by atoms with Crippen molar-refractivity contribution in [2.75, 3.05) is 0 Å². The molecule has 2 aliphatic heterocycles. The molecule has 0 spiro atoms. The van der Waals surface area contributed by atoms with Crippen LogP contribution in [0, 0.1) is 5.92 Å². The van der Waals surface area contributed by atoms with Gasteiger partial charge in [-0.1, -0.05) is 27.0 Å². The molecule has 0 aromatic heterocycles. The fourth-order valence-corrected chi connectivity index (χ4v) is 3.21. The molecule has 0 aliphatic carbocycles. The van der Waals surface area contributed by atoms with Crippen molar-refractivity contribution in [3.8, 4) is 0 Å². The first kappa shape index (κ1) is 14.8. The maximum atomic E-state index is 6.03. The van der Waals surface area contributed by atoms with Gasteiger partial charge in [-0.15, -0.1) is 0 Å². The summed E-state index contributed by atoms with van der Waals surface area (Å²) in [7, 11) is 0. The van der Waals surface area contributed by atoms with Crippen molar-refractivity contribution in [1.29, 1.82) is 0 Å². The SMILES string of the molecule is C=C1C[C@H](CC)O[C@H]1CC[C@H]1C[C@@H](C)C(=C)[C@@H](C)O1. The van der Waals surface area contributed by atoms with Gasteiger partial charge in [0.1, 0.15) is 0 Å². The first-order chi connectivity index (χ1) is 9.01. The second kappa shape index (κ2) is 6.23. The lowest BCUT2D eigenvalue weighted by molar-refractivity contribution is -0.0370. The van der Waals surface area contributed by atoms with Gasteiger partial charge in [0.25, 0.3) is 0 Å². The van der Waals surface area contributed by atoms with Crippen LogP contribution in [0.1, 0.15) is 52.9 Å². The molecule has 0 N–H and O–H groups in total. The van der Waals surface area contributed by atoms with Crippen molar-refractivity contribution < 1.29 is 9.47 Å². The standard InChI is InChI=1S/C17H28O2/c1-6-15-10-12(3)17(19-15)8-7-16-9-11(2)13(4)14(5)18-16/h11,14-17H,3-4,6-10H2,1-2,5H3/t11-,14-,15+,16+,17+/m1/s1. The zero-order valence-electron chi connectivity index (χ0n) is 12.7. The second-order valence-corrected chi connectivity index (χ2v) is 6.21. The largest absolute Gasteiger partial charge is 0.371 e. The van der Waals surface area contributed by atoms with E-state index in [2.05, 4.69) is 33.9 Å². The summed E-state index contributed by atoms with van der Waals surface area (Å²) in [6.45, 7) is 14.8. The van der Waals surface area contributed by atoms with Crippen LogP contribution in [0.15, 0.2) is 24.3 Å². The van der Waals surface area contributed by atoms with Crippen LogP contribution in [0.4, 0.5) is 0 Å². The number of rotatable bonds is 4. The summed E-state index contributed by atoms with van der Waals surface area (Å²) < 4.78 is 12.0. The lowest BCUT2D eigenvalue weighted by atomic mass is 9.87. The molecule has 108 valence electrons. The zero-order valence-corrected chi connectivity index (χ0v) is 12.7. The lowest BCUT2D eigenvalue weighted by Crippen LogP contribution is -2.32. The van der Waals surface area contributed by atoms with Crippen LogP contribution in [0.2, 0.25) is 0 Å². The highest BCUT2D eigenvalue weighted by Gasteiger charge is 2.31. The smallest absolute Gasteiger partial charge is 0.0788 e. The molecule has 0 aromatic rings. The minimum absolute atomic E-state index is 0.199. The predicted octanol–water partition coefficient (Wildman–Crippen LogP) is 4.26. The minimum atomic E-state index is 0.199. The molecule has 2 saturated heterocycles. The molecule has 2 heteroatoms. The molecule has 0 amide bonds. The van der Waals surface area contributed by atoms with E-state index >= 15 is 0 Å². The Balaban J connectivity index is 1.80. The zero-order chi connectivity index (χ0) is 14.0. The van der Waals surface area contributed by atoms with Crippen molar-refractivity contribution in [3.05, 3.63) is 24.3 Å². The molecule has 0 bridgehead atoms. The molecule has 5 atom stereocenters. The number of ether oxygens (including phenoxy) is 2. The van der Waals surface area contributed by atoms with Crippen LogP contribution in [0.3, 0.4) is 0 Å². The molecule has 0 radical (unpaired) electrons. The van der Waals surface area contributed by atoms with E-state index in [1.54, 1.807) is 0 Å². The summed E-state index contributed by atoms with van der Waals surface area (Å²) in [6, 6.07) is 0. The fraction of sp³-hybridized carbons (Fsp3) is 0.765. The van der Waals surface area contributed by atoms with E-state index < -0.39 is 0 Å². The summed E-state index contributed by atoms with van der Waals surface area (Å²) in [6.07, 6.45) is 6.54. The molecule has 0 saturated carbocycles. The highest BCUT2D eigenvalue weighted by Crippen LogP contribution is 2.33. The normalized spacial score (nSPS) is 39.8. The van der Waals surface area contributed by atoms with Gasteiger partial charge in [-0.05, 0) is 56.1 Å². The molecule has 2 rings (SSSR count). The summed E-state index contributed by atoms with van der Waals surface area (Å²) in [5, 5.41) is 0. The van der Waals surface area contributed by atoms with E-state index in [-0.39, 0.29) is 12.2 Å². The van der Waals surface area contributed by atoms with Gasteiger partial charge in [0.05, 0.1) is 24.4 Å². The summed E-state index contributed by atoms with van der Waals surface area (Å²) in [5.74, 6) is 0.574. The van der Waals surface area contributed by atoms with E-state index in [1.807, 2.05) is 0 Å². The Morgan fingerprint density at radius 3 is 2.42 bits per heavy atom. The maximum Gasteiger partial charge on any atom is 0.0788 e. The fourth-order valence-electron chi connectivity index (χ4n) is 3.21. The topological polar surface area (TPSA) is 18.5 Å². The first-order valence-electron chi connectivity index (χ1n) is 7.68. The Morgan fingerprint density at radius 2 is 1.84 bits per heavy atom. The average Bonchev–Trinajstić information content (AvgIpc) is 2.74. The van der Waals surface area contributed by atoms with Crippen LogP contribution in [-0.2, 0) is 9.47 Å². The monoisotopic (exact) mass is 264 g/mol. The molecular weight excluding hydrogens is 236 g/mol. The summed E-state index contributed by atoms with van der Waals surface area (Å²) >= 11 is 0. The van der Waals surface area contributed by atoms with E-state index in [0.29, 0.717) is 18.1 Å². The first-order valence-corrected chi connectivity index (χ1v) is 7.68. The van der Waals surface area contributed by atoms with Crippen LogP contribution in [-0.4, -0.2) is 24.4 Å². The average molecular weight is 264 g/mol. The maximum absolute atomic E-state index is 6.03. The van der Waals surface area contributed by atoms with Crippen LogP contribution in [0.25, 0.3) is 0 Å². The predicted molar refractivity (Wildman–Crippen MR) is 79.2 cm³/mol. The van der Waals surface area contributed by atoms with Gasteiger partial charge < -0.3 is 9.47 Å². The van der Waals surface area contributed by atoms with Crippen LogP contribution in [0.5, 0.6) is 0 Å². The lowest BCUT2D eigenvalue weighted by Gasteiger charge is -2.34. The molecule has 0 aromatic carbocycles. The molecular formula is C17H28O2. The Kier molecular flexibility index (Phi) is 4.86. The number of hydrogen-bond donors (Lipinski definition) is 0. The van der Waals surface area contributed by atoms with Crippen LogP contribution < -0.4 is 0 Å². The summed E-state index contributed by atoms with van der Waals surface area (Å²) in [4.78, 5) is 0. The van der Waals surface area contributed by atoms with E-state index in [0.717, 1.165) is 32.1 Å². The molecule has 19 heavy (non-hydrogen) atoms. The highest BCUT2D eigenvalue weighted by molar-refractivity contribution is 5.10. The molecule has 2 nitrogen and oxygen atoms in total. The Hall–Kier alpha value is -0.600. The quantitative estimate of drug-likeness (QED) is 0.706. The van der Waals surface area contributed by atoms with Crippen molar-refractivity contribution in [2.45, 2.75) is 77.3 Å². The highest BCUT2D eigenvalue weighted by atomic mass is 16.5. The Morgan fingerprint density at radius 1 is 1.11 bits per heavy atom. The van der Waals surface area contributed by atoms with Gasteiger partial charge in [0.15, 0.2) is 0 Å². The molecule has 2 fully saturated rings. The Labute approximate surface area is 117 Å². The van der Waals surface area contributed by atoms with Crippen LogP contribution >= 0.6 is 0 Å².